The van der Waals surface area contributed by atoms with Gasteiger partial charge >= 0.3 is 5.91 Å². The number of hydrogen-bond donors (Lipinski definition) is 3. The zero-order valence-electron chi connectivity index (χ0n) is 13.5. The van der Waals surface area contributed by atoms with E-state index in [9.17, 15) is 9.18 Å². The van der Waals surface area contributed by atoms with Crippen molar-refractivity contribution in [1.29, 1.82) is 0 Å². The Kier molecular flexibility index (Phi) is 5.82. The Morgan fingerprint density at radius 1 is 1.38 bits per heavy atom. The molecule has 0 saturated heterocycles. The number of anilines is 2. The van der Waals surface area contributed by atoms with Crippen molar-refractivity contribution >= 4 is 44.2 Å². The third-order valence-electron chi connectivity index (χ3n) is 3.46. The van der Waals surface area contributed by atoms with E-state index in [1.165, 1.54) is 24.5 Å². The van der Waals surface area contributed by atoms with Gasteiger partial charge in [0.1, 0.15) is 17.1 Å². The SMILES string of the molecule is O=C(NOCCCO)c1oc2ccncc2c1Nc1ccc(Br)cc1F. The van der Waals surface area contributed by atoms with E-state index in [4.69, 9.17) is 14.4 Å². The highest BCUT2D eigenvalue weighted by Crippen LogP contribution is 2.34. The van der Waals surface area contributed by atoms with Crippen LogP contribution in [0.4, 0.5) is 15.8 Å². The summed E-state index contributed by atoms with van der Waals surface area (Å²) >= 11 is 3.20. The smallest absolute Gasteiger partial charge is 0.312 e. The summed E-state index contributed by atoms with van der Waals surface area (Å²) in [7, 11) is 0. The lowest BCUT2D eigenvalue weighted by atomic mass is 10.2. The Morgan fingerprint density at radius 2 is 2.23 bits per heavy atom. The van der Waals surface area contributed by atoms with Gasteiger partial charge in [-0.1, -0.05) is 15.9 Å². The zero-order chi connectivity index (χ0) is 18.5. The first-order valence-corrected chi connectivity index (χ1v) is 8.51. The van der Waals surface area contributed by atoms with Crippen LogP contribution in [0.25, 0.3) is 11.0 Å². The molecular weight excluding hydrogens is 409 g/mol. The van der Waals surface area contributed by atoms with Crippen LogP contribution in [-0.4, -0.2) is 29.2 Å². The molecule has 0 aliphatic heterocycles. The molecular formula is C17H15BrFN3O4. The summed E-state index contributed by atoms with van der Waals surface area (Å²) in [5.41, 5.74) is 3.11. The summed E-state index contributed by atoms with van der Waals surface area (Å²) < 4.78 is 20.3. The Labute approximate surface area is 156 Å². The van der Waals surface area contributed by atoms with Gasteiger partial charge in [-0.15, -0.1) is 0 Å². The van der Waals surface area contributed by atoms with Crippen LogP contribution in [0.3, 0.4) is 0 Å². The summed E-state index contributed by atoms with van der Waals surface area (Å²) in [6.45, 7) is 0.0932. The second kappa shape index (κ2) is 8.26. The van der Waals surface area contributed by atoms with Crippen molar-refractivity contribution in [2.75, 3.05) is 18.5 Å². The molecule has 0 aliphatic rings. The maximum Gasteiger partial charge on any atom is 0.312 e. The van der Waals surface area contributed by atoms with Crippen LogP contribution in [0, 0.1) is 5.82 Å². The first-order chi connectivity index (χ1) is 12.6. The van der Waals surface area contributed by atoms with Crippen LogP contribution in [0.2, 0.25) is 0 Å². The predicted octanol–water partition coefficient (Wildman–Crippen LogP) is 3.52. The summed E-state index contributed by atoms with van der Waals surface area (Å²) in [5.74, 6) is -1.21. The fraction of sp³-hybridized carbons (Fsp3) is 0.176. The van der Waals surface area contributed by atoms with Crippen LogP contribution in [0.5, 0.6) is 0 Å². The van der Waals surface area contributed by atoms with Gasteiger partial charge in [-0.2, -0.15) is 0 Å². The van der Waals surface area contributed by atoms with Crippen molar-refractivity contribution in [3.63, 3.8) is 0 Å². The molecule has 0 aliphatic carbocycles. The molecule has 0 bridgehead atoms. The van der Waals surface area contributed by atoms with E-state index in [1.54, 1.807) is 12.1 Å². The molecule has 2 aromatic heterocycles. The predicted molar refractivity (Wildman–Crippen MR) is 96.5 cm³/mol. The lowest BCUT2D eigenvalue weighted by Gasteiger charge is -2.09. The zero-order valence-corrected chi connectivity index (χ0v) is 15.0. The topological polar surface area (TPSA) is 96.6 Å². The molecule has 136 valence electrons. The molecule has 3 rings (SSSR count). The standard InChI is InChI=1S/C17H15BrFN3O4/c18-10-2-3-13(12(19)8-10)21-15-11-9-20-5-4-14(11)26-16(15)17(24)22-25-7-1-6-23/h2-5,8-9,21,23H,1,6-7H2,(H,22,24). The van der Waals surface area contributed by atoms with E-state index in [0.717, 1.165) is 0 Å². The number of aliphatic hydroxyl groups is 1. The number of aliphatic hydroxyl groups excluding tert-OH is 1. The van der Waals surface area contributed by atoms with Crippen molar-refractivity contribution < 1.29 is 23.5 Å². The molecule has 3 N–H and O–H groups in total. The number of nitrogens with zero attached hydrogens (tertiary/aromatic N) is 1. The Bertz CT molecular complexity index is 932. The highest BCUT2D eigenvalue weighted by atomic mass is 79.9. The molecule has 3 aromatic rings. The van der Waals surface area contributed by atoms with Gasteiger partial charge in [0.05, 0.1) is 17.7 Å². The van der Waals surface area contributed by atoms with Crippen LogP contribution >= 0.6 is 15.9 Å². The first-order valence-electron chi connectivity index (χ1n) is 7.71. The molecule has 0 spiro atoms. The Balaban J connectivity index is 1.93. The van der Waals surface area contributed by atoms with Crippen LogP contribution < -0.4 is 10.8 Å². The first kappa shape index (κ1) is 18.3. The fourth-order valence-corrected chi connectivity index (χ4v) is 2.58. The number of amides is 1. The number of rotatable bonds is 7. The molecule has 7 nitrogen and oxygen atoms in total. The number of nitrogens with one attached hydrogen (secondary N) is 2. The average Bonchev–Trinajstić information content (AvgIpc) is 3.00. The van der Waals surface area contributed by atoms with Gasteiger partial charge in [0.25, 0.3) is 0 Å². The van der Waals surface area contributed by atoms with Crippen LogP contribution in [0.15, 0.2) is 45.5 Å². The number of fused-ring (bicyclic) bond motifs is 1. The third-order valence-corrected chi connectivity index (χ3v) is 3.95. The number of hydroxylamine groups is 1. The van der Waals surface area contributed by atoms with Crippen LogP contribution in [-0.2, 0) is 4.84 Å². The van der Waals surface area contributed by atoms with E-state index in [-0.39, 0.29) is 30.3 Å². The van der Waals surface area contributed by atoms with E-state index < -0.39 is 11.7 Å². The number of aromatic nitrogens is 1. The van der Waals surface area contributed by atoms with Crippen molar-refractivity contribution in [2.24, 2.45) is 0 Å². The monoisotopic (exact) mass is 423 g/mol. The van der Waals surface area contributed by atoms with E-state index >= 15 is 0 Å². The second-order valence-electron chi connectivity index (χ2n) is 5.28. The van der Waals surface area contributed by atoms with E-state index in [0.29, 0.717) is 21.9 Å². The number of pyridine rings is 1. The quantitative estimate of drug-likeness (QED) is 0.397. The van der Waals surface area contributed by atoms with Gasteiger partial charge in [-0.25, -0.2) is 9.87 Å². The molecule has 0 atom stereocenters. The summed E-state index contributed by atoms with van der Waals surface area (Å²) in [5, 5.41) is 12.1. The molecule has 0 unspecified atom stereocenters. The molecule has 0 fully saturated rings. The Morgan fingerprint density at radius 3 is 3.00 bits per heavy atom. The van der Waals surface area contributed by atoms with Crippen molar-refractivity contribution in [2.45, 2.75) is 6.42 Å². The fourth-order valence-electron chi connectivity index (χ4n) is 2.25. The summed E-state index contributed by atoms with van der Waals surface area (Å²) in [6, 6.07) is 6.11. The normalized spacial score (nSPS) is 10.9. The molecule has 0 saturated carbocycles. The number of hydrogen-bond acceptors (Lipinski definition) is 6. The van der Waals surface area contributed by atoms with Gasteiger partial charge in [-0.05, 0) is 30.7 Å². The number of carbonyl (C=O) groups excluding carboxylic acids is 1. The summed E-state index contributed by atoms with van der Waals surface area (Å²) in [4.78, 5) is 21.4. The minimum absolute atomic E-state index is 0.0537. The van der Waals surface area contributed by atoms with Gasteiger partial charge in [0, 0.05) is 23.5 Å². The van der Waals surface area contributed by atoms with E-state index in [2.05, 4.69) is 31.7 Å². The second-order valence-corrected chi connectivity index (χ2v) is 6.20. The van der Waals surface area contributed by atoms with Crippen molar-refractivity contribution in [3.05, 3.63) is 52.7 Å². The molecule has 9 heteroatoms. The average molecular weight is 424 g/mol. The number of halogens is 2. The minimum Gasteiger partial charge on any atom is -0.448 e. The maximum atomic E-state index is 14.2. The lowest BCUT2D eigenvalue weighted by molar-refractivity contribution is 0.0243. The van der Waals surface area contributed by atoms with Gasteiger partial charge < -0.3 is 14.8 Å². The molecule has 26 heavy (non-hydrogen) atoms. The Hall–Kier alpha value is -2.49. The van der Waals surface area contributed by atoms with Crippen molar-refractivity contribution in [3.8, 4) is 0 Å². The lowest BCUT2D eigenvalue weighted by Crippen LogP contribution is -2.24. The summed E-state index contributed by atoms with van der Waals surface area (Å²) in [6.07, 6.45) is 3.41. The molecule has 1 aromatic carbocycles. The molecule has 1 amide bonds. The number of benzene rings is 1. The van der Waals surface area contributed by atoms with E-state index in [1.807, 2.05) is 0 Å². The number of carbonyl (C=O) groups is 1. The largest absolute Gasteiger partial charge is 0.448 e. The van der Waals surface area contributed by atoms with Crippen LogP contribution in [0.1, 0.15) is 17.0 Å². The molecule has 0 radical (unpaired) electrons. The van der Waals surface area contributed by atoms with Gasteiger partial charge in [0.15, 0.2) is 0 Å². The highest BCUT2D eigenvalue weighted by molar-refractivity contribution is 9.10. The number of furan rings is 1. The van der Waals surface area contributed by atoms with Gasteiger partial charge in [0.2, 0.25) is 5.76 Å². The van der Waals surface area contributed by atoms with Crippen molar-refractivity contribution in [1.82, 2.24) is 10.5 Å². The minimum atomic E-state index is -0.640. The highest BCUT2D eigenvalue weighted by Gasteiger charge is 2.22. The van der Waals surface area contributed by atoms with Gasteiger partial charge in [-0.3, -0.25) is 14.6 Å². The maximum absolute atomic E-state index is 14.2. The third kappa shape index (κ3) is 4.01. The molecule has 2 heterocycles.